The molecule has 1 aliphatic rings. The molecule has 2 heterocycles. The summed E-state index contributed by atoms with van der Waals surface area (Å²) in [5.41, 5.74) is 1.60. The molecule has 0 atom stereocenters. The number of anilines is 1. The number of nitrogens with zero attached hydrogens (tertiary/aromatic N) is 2. The molecule has 0 aliphatic carbocycles. The van der Waals surface area contributed by atoms with Crippen LogP contribution in [0.25, 0.3) is 16.9 Å². The first-order valence-corrected chi connectivity index (χ1v) is 10.0. The van der Waals surface area contributed by atoms with E-state index >= 15 is 0 Å². The maximum absolute atomic E-state index is 13.7. The lowest BCUT2D eigenvalue weighted by Gasteiger charge is -2.16. The van der Waals surface area contributed by atoms with Crippen molar-refractivity contribution in [3.05, 3.63) is 63.1 Å². The Balaban J connectivity index is 1.99. The van der Waals surface area contributed by atoms with Gasteiger partial charge in [-0.3, -0.25) is 0 Å². The Bertz CT molecular complexity index is 1030. The van der Waals surface area contributed by atoms with Crippen LogP contribution >= 0.6 is 27.5 Å². The lowest BCUT2D eigenvalue weighted by molar-refractivity contribution is -0.137. The van der Waals surface area contributed by atoms with Gasteiger partial charge in [-0.15, -0.1) is 0 Å². The third kappa shape index (κ3) is 3.53. The molecule has 0 saturated heterocycles. The molecule has 0 bridgehead atoms. The van der Waals surface area contributed by atoms with Crippen molar-refractivity contribution in [2.45, 2.75) is 25.4 Å². The monoisotopic (exact) mass is 469 g/mol. The van der Waals surface area contributed by atoms with E-state index in [1.165, 1.54) is 16.8 Å². The number of alkyl halides is 3. The molecule has 0 radical (unpaired) electrons. The molecule has 4 rings (SSSR count). The molecule has 3 nitrogen and oxygen atoms in total. The van der Waals surface area contributed by atoms with Crippen LogP contribution in [0.15, 0.2) is 46.9 Å². The van der Waals surface area contributed by atoms with Gasteiger partial charge in [-0.1, -0.05) is 45.7 Å². The molecule has 1 aliphatic heterocycles. The zero-order chi connectivity index (χ0) is 19.9. The van der Waals surface area contributed by atoms with Crippen LogP contribution in [0, 0.1) is 0 Å². The number of rotatable bonds is 2. The van der Waals surface area contributed by atoms with E-state index in [-0.39, 0.29) is 10.7 Å². The van der Waals surface area contributed by atoms with Crippen LogP contribution in [0.5, 0.6) is 0 Å². The standard InChI is InChI=1S/C20H16BrClF3N3/c21-16-7-2-1-5-13(16)18-14-6-3-4-10-26-19(14)28(27-18)17-9-8-12(22)11-15(17)20(23,24)25/h1-2,5,7-9,11,26H,3-4,6,10H2. The van der Waals surface area contributed by atoms with E-state index in [0.29, 0.717) is 18.1 Å². The van der Waals surface area contributed by atoms with E-state index in [2.05, 4.69) is 26.3 Å². The molecule has 0 fully saturated rings. The summed E-state index contributed by atoms with van der Waals surface area (Å²) in [6, 6.07) is 11.4. The summed E-state index contributed by atoms with van der Waals surface area (Å²) in [5, 5.41) is 7.94. The fourth-order valence-electron chi connectivity index (χ4n) is 3.47. The van der Waals surface area contributed by atoms with Crippen LogP contribution in [0.2, 0.25) is 5.02 Å². The molecule has 0 unspecified atom stereocenters. The summed E-state index contributed by atoms with van der Waals surface area (Å²) >= 11 is 9.38. The average Bonchev–Trinajstić information content (AvgIpc) is 2.83. The lowest BCUT2D eigenvalue weighted by atomic mass is 10.0. The number of fused-ring (bicyclic) bond motifs is 1. The zero-order valence-corrected chi connectivity index (χ0v) is 17.0. The summed E-state index contributed by atoms with van der Waals surface area (Å²) in [5.74, 6) is 0.607. The van der Waals surface area contributed by atoms with Crippen LogP contribution in [-0.4, -0.2) is 16.3 Å². The highest BCUT2D eigenvalue weighted by molar-refractivity contribution is 9.10. The Labute approximate surface area is 173 Å². The van der Waals surface area contributed by atoms with Gasteiger partial charge in [0.2, 0.25) is 0 Å². The van der Waals surface area contributed by atoms with Crippen molar-refractivity contribution in [3.8, 4) is 16.9 Å². The summed E-state index contributed by atoms with van der Waals surface area (Å²) in [6.07, 6.45) is -1.92. The summed E-state index contributed by atoms with van der Waals surface area (Å²) < 4.78 is 43.3. The van der Waals surface area contributed by atoms with E-state index in [1.807, 2.05) is 24.3 Å². The van der Waals surface area contributed by atoms with Crippen molar-refractivity contribution >= 4 is 33.3 Å². The zero-order valence-electron chi connectivity index (χ0n) is 14.7. The predicted molar refractivity (Wildman–Crippen MR) is 108 cm³/mol. The normalized spacial score (nSPS) is 14.3. The van der Waals surface area contributed by atoms with E-state index in [0.717, 1.165) is 40.9 Å². The number of hydrogen-bond donors (Lipinski definition) is 1. The Morgan fingerprint density at radius 2 is 1.89 bits per heavy atom. The molecular formula is C20H16BrClF3N3. The van der Waals surface area contributed by atoms with Crippen LogP contribution < -0.4 is 5.32 Å². The Kier molecular flexibility index (Phi) is 5.14. The van der Waals surface area contributed by atoms with Gasteiger partial charge in [0, 0.05) is 27.2 Å². The van der Waals surface area contributed by atoms with E-state index in [1.54, 1.807) is 0 Å². The molecule has 1 aromatic heterocycles. The van der Waals surface area contributed by atoms with Gasteiger partial charge in [0.05, 0.1) is 16.9 Å². The van der Waals surface area contributed by atoms with Gasteiger partial charge in [-0.25, -0.2) is 4.68 Å². The summed E-state index contributed by atoms with van der Waals surface area (Å²) in [6.45, 7) is 0.684. The largest absolute Gasteiger partial charge is 0.418 e. The van der Waals surface area contributed by atoms with Crippen molar-refractivity contribution in [3.63, 3.8) is 0 Å². The molecule has 0 amide bonds. The van der Waals surface area contributed by atoms with Crippen molar-refractivity contribution in [1.82, 2.24) is 9.78 Å². The van der Waals surface area contributed by atoms with Gasteiger partial charge < -0.3 is 5.32 Å². The SMILES string of the molecule is FC(F)(F)c1cc(Cl)ccc1-n1nc(-c2ccccc2Br)c2c1NCCCC2. The Morgan fingerprint density at radius 3 is 2.64 bits per heavy atom. The second-order valence-electron chi connectivity index (χ2n) is 6.61. The van der Waals surface area contributed by atoms with Crippen LogP contribution in [-0.2, 0) is 12.6 Å². The van der Waals surface area contributed by atoms with Gasteiger partial charge in [0.15, 0.2) is 0 Å². The maximum Gasteiger partial charge on any atom is 0.418 e. The van der Waals surface area contributed by atoms with Crippen LogP contribution in [0.3, 0.4) is 0 Å². The molecule has 0 spiro atoms. The third-order valence-electron chi connectivity index (χ3n) is 4.75. The number of nitrogens with one attached hydrogen (secondary N) is 1. The number of benzene rings is 2. The molecule has 0 saturated carbocycles. The molecule has 28 heavy (non-hydrogen) atoms. The fraction of sp³-hybridized carbons (Fsp3) is 0.250. The minimum Gasteiger partial charge on any atom is -0.370 e. The van der Waals surface area contributed by atoms with Crippen molar-refractivity contribution < 1.29 is 13.2 Å². The highest BCUT2D eigenvalue weighted by atomic mass is 79.9. The first-order valence-electron chi connectivity index (χ1n) is 8.84. The van der Waals surface area contributed by atoms with Gasteiger partial charge in [-0.05, 0) is 43.5 Å². The van der Waals surface area contributed by atoms with Crippen molar-refractivity contribution in [2.75, 3.05) is 11.9 Å². The second kappa shape index (κ2) is 7.44. The maximum atomic E-state index is 13.7. The highest BCUT2D eigenvalue weighted by Crippen LogP contribution is 2.40. The first kappa shape index (κ1) is 19.3. The minimum absolute atomic E-state index is 0.0355. The van der Waals surface area contributed by atoms with Crippen molar-refractivity contribution in [2.24, 2.45) is 0 Å². The Morgan fingerprint density at radius 1 is 1.11 bits per heavy atom. The van der Waals surface area contributed by atoms with Gasteiger partial charge in [0.1, 0.15) is 5.82 Å². The smallest absolute Gasteiger partial charge is 0.370 e. The molecule has 2 aromatic carbocycles. The third-order valence-corrected chi connectivity index (χ3v) is 5.68. The van der Waals surface area contributed by atoms with E-state index in [9.17, 15) is 13.2 Å². The topological polar surface area (TPSA) is 29.9 Å². The number of halogens is 5. The number of hydrogen-bond acceptors (Lipinski definition) is 2. The minimum atomic E-state index is -4.54. The van der Waals surface area contributed by atoms with Crippen LogP contribution in [0.4, 0.5) is 19.0 Å². The molecule has 3 aromatic rings. The quantitative estimate of drug-likeness (QED) is 0.450. The molecule has 8 heteroatoms. The molecule has 146 valence electrons. The Hall–Kier alpha value is -1.99. The summed E-state index contributed by atoms with van der Waals surface area (Å²) in [4.78, 5) is 0. The van der Waals surface area contributed by atoms with Crippen molar-refractivity contribution in [1.29, 1.82) is 0 Å². The number of aromatic nitrogens is 2. The van der Waals surface area contributed by atoms with E-state index in [4.69, 9.17) is 11.6 Å². The molecule has 1 N–H and O–H groups in total. The van der Waals surface area contributed by atoms with Gasteiger partial charge in [-0.2, -0.15) is 18.3 Å². The van der Waals surface area contributed by atoms with E-state index < -0.39 is 11.7 Å². The van der Waals surface area contributed by atoms with Crippen LogP contribution in [0.1, 0.15) is 24.0 Å². The fourth-order valence-corrected chi connectivity index (χ4v) is 4.11. The highest BCUT2D eigenvalue weighted by Gasteiger charge is 2.36. The van der Waals surface area contributed by atoms with Gasteiger partial charge in [0.25, 0.3) is 0 Å². The first-order chi connectivity index (χ1) is 13.4. The summed E-state index contributed by atoms with van der Waals surface area (Å²) in [7, 11) is 0. The molecular weight excluding hydrogens is 455 g/mol. The average molecular weight is 471 g/mol. The second-order valence-corrected chi connectivity index (χ2v) is 7.90. The predicted octanol–water partition coefficient (Wildman–Crippen LogP) is 6.72. The lowest BCUT2D eigenvalue weighted by Crippen LogP contribution is -2.14. The van der Waals surface area contributed by atoms with Gasteiger partial charge >= 0.3 is 6.18 Å².